The van der Waals surface area contributed by atoms with Crippen LogP contribution in [-0.2, 0) is 35.2 Å². The molecule has 0 spiro atoms. The fraction of sp³-hybridized carbons (Fsp3) is 0.500. The molecule has 2 amide bonds. The summed E-state index contributed by atoms with van der Waals surface area (Å²) in [4.78, 5) is 42.1. The summed E-state index contributed by atoms with van der Waals surface area (Å²) < 4.78 is 5.74. The molecule has 0 bridgehead atoms. The van der Waals surface area contributed by atoms with Gasteiger partial charge in [-0.05, 0) is 93.7 Å². The molecule has 6 nitrogen and oxygen atoms in total. The zero-order valence-corrected chi connectivity index (χ0v) is 21.6. The number of carbonyl (C=O) groups is 3. The molecular formula is C30H36N2O4. The van der Waals surface area contributed by atoms with E-state index in [-0.39, 0.29) is 23.8 Å². The van der Waals surface area contributed by atoms with Crippen LogP contribution in [0.25, 0.3) is 0 Å². The monoisotopic (exact) mass is 488 g/mol. The van der Waals surface area contributed by atoms with E-state index in [1.807, 2.05) is 54.8 Å². The molecule has 0 radical (unpaired) electrons. The number of anilines is 1. The lowest BCUT2D eigenvalue weighted by Gasteiger charge is -2.31. The Morgan fingerprint density at radius 2 is 1.64 bits per heavy atom. The van der Waals surface area contributed by atoms with Crippen molar-refractivity contribution in [1.82, 2.24) is 4.90 Å². The zero-order valence-electron chi connectivity index (χ0n) is 21.6. The fourth-order valence-electron chi connectivity index (χ4n) is 5.83. The van der Waals surface area contributed by atoms with Gasteiger partial charge in [-0.1, -0.05) is 24.3 Å². The predicted molar refractivity (Wildman–Crippen MR) is 140 cm³/mol. The van der Waals surface area contributed by atoms with Gasteiger partial charge in [-0.15, -0.1) is 0 Å². The van der Waals surface area contributed by atoms with Gasteiger partial charge in [0, 0.05) is 37.5 Å². The average molecular weight is 489 g/mol. The molecule has 1 aliphatic carbocycles. The van der Waals surface area contributed by atoms with Gasteiger partial charge in [-0.2, -0.15) is 0 Å². The van der Waals surface area contributed by atoms with Gasteiger partial charge in [0.1, 0.15) is 5.60 Å². The molecule has 190 valence electrons. The standard InChI is InChI=1S/C30H36N2O4/c1-30(2,3)36-29(35)31(25-18-20-8-4-5-9-21(20)19-25)14-7-6-10-26(33)24-16-22-11-12-27(34)32-15-13-23(17-24)28(22)32/h4-5,8-9,16-17,25H,6-7,10-15,18-19H2,1-3H3. The summed E-state index contributed by atoms with van der Waals surface area (Å²) >= 11 is 0. The van der Waals surface area contributed by atoms with Crippen molar-refractivity contribution < 1.29 is 19.1 Å². The summed E-state index contributed by atoms with van der Waals surface area (Å²) in [7, 11) is 0. The molecular weight excluding hydrogens is 452 g/mol. The van der Waals surface area contributed by atoms with Crippen molar-refractivity contribution in [3.8, 4) is 0 Å². The zero-order chi connectivity index (χ0) is 25.4. The maximum Gasteiger partial charge on any atom is 0.410 e. The number of amides is 2. The Morgan fingerprint density at radius 3 is 2.31 bits per heavy atom. The molecule has 2 aromatic rings. The first-order valence-electron chi connectivity index (χ1n) is 13.3. The number of fused-ring (bicyclic) bond motifs is 1. The molecule has 0 N–H and O–H groups in total. The Bertz CT molecular complexity index is 1170. The third-order valence-corrected chi connectivity index (χ3v) is 7.52. The SMILES string of the molecule is CC(C)(C)OC(=O)N(CCCCC(=O)c1cc2c3c(c1)CCN3C(=O)CC2)C1Cc2ccccc2C1. The molecule has 3 aliphatic rings. The van der Waals surface area contributed by atoms with Crippen molar-refractivity contribution in [2.24, 2.45) is 0 Å². The number of aryl methyl sites for hydroxylation is 1. The van der Waals surface area contributed by atoms with E-state index in [0.29, 0.717) is 25.8 Å². The first-order chi connectivity index (χ1) is 17.2. The predicted octanol–water partition coefficient (Wildman–Crippen LogP) is 5.28. The highest BCUT2D eigenvalue weighted by atomic mass is 16.6. The molecule has 36 heavy (non-hydrogen) atoms. The van der Waals surface area contributed by atoms with Crippen LogP contribution in [0.2, 0.25) is 0 Å². The fourth-order valence-corrected chi connectivity index (χ4v) is 5.83. The highest BCUT2D eigenvalue weighted by Crippen LogP contribution is 2.37. The second-order valence-electron chi connectivity index (χ2n) is 11.3. The molecule has 0 fully saturated rings. The number of ketones is 1. The van der Waals surface area contributed by atoms with E-state index in [9.17, 15) is 14.4 Å². The van der Waals surface area contributed by atoms with Crippen molar-refractivity contribution in [2.75, 3.05) is 18.0 Å². The Hall–Kier alpha value is -3.15. The summed E-state index contributed by atoms with van der Waals surface area (Å²) in [6.07, 6.45) is 5.38. The third kappa shape index (κ3) is 5.04. The van der Waals surface area contributed by atoms with Crippen LogP contribution >= 0.6 is 0 Å². The lowest BCUT2D eigenvalue weighted by Crippen LogP contribution is -2.44. The van der Waals surface area contributed by atoms with Crippen LogP contribution in [-0.4, -0.2) is 47.4 Å². The van der Waals surface area contributed by atoms with E-state index in [0.717, 1.165) is 61.0 Å². The Balaban J connectivity index is 1.20. The van der Waals surface area contributed by atoms with Crippen LogP contribution in [0.15, 0.2) is 36.4 Å². The van der Waals surface area contributed by atoms with Crippen LogP contribution in [0.4, 0.5) is 10.5 Å². The number of benzene rings is 2. The van der Waals surface area contributed by atoms with E-state index in [1.165, 1.54) is 11.1 Å². The summed E-state index contributed by atoms with van der Waals surface area (Å²) in [6, 6.07) is 12.4. The van der Waals surface area contributed by atoms with Crippen LogP contribution in [0.1, 0.15) is 79.1 Å². The first-order valence-corrected chi connectivity index (χ1v) is 13.3. The lowest BCUT2D eigenvalue weighted by molar-refractivity contribution is -0.118. The van der Waals surface area contributed by atoms with Gasteiger partial charge in [0.25, 0.3) is 0 Å². The van der Waals surface area contributed by atoms with Crippen LogP contribution in [0.3, 0.4) is 0 Å². The molecule has 6 heteroatoms. The first kappa shape index (κ1) is 24.5. The number of Topliss-reactive ketones (excluding diaryl/α,β-unsaturated/α-hetero) is 1. The van der Waals surface area contributed by atoms with Gasteiger partial charge < -0.3 is 14.5 Å². The molecule has 0 atom stereocenters. The summed E-state index contributed by atoms with van der Waals surface area (Å²) in [5.74, 6) is 0.335. The van der Waals surface area contributed by atoms with E-state index >= 15 is 0 Å². The highest BCUT2D eigenvalue weighted by Gasteiger charge is 2.33. The molecule has 2 aromatic carbocycles. The number of ether oxygens (including phenoxy) is 1. The summed E-state index contributed by atoms with van der Waals surface area (Å²) in [5.41, 5.74) is 6.11. The van der Waals surface area contributed by atoms with Gasteiger partial charge in [0.05, 0.1) is 5.69 Å². The van der Waals surface area contributed by atoms with Crippen molar-refractivity contribution in [3.05, 3.63) is 64.2 Å². The number of hydrogen-bond donors (Lipinski definition) is 0. The maximum atomic E-state index is 13.1. The Kier molecular flexibility index (Phi) is 6.62. The van der Waals surface area contributed by atoms with E-state index in [4.69, 9.17) is 4.74 Å². The molecule has 2 heterocycles. The Morgan fingerprint density at radius 1 is 0.972 bits per heavy atom. The van der Waals surface area contributed by atoms with Crippen molar-refractivity contribution in [2.45, 2.75) is 83.8 Å². The number of carbonyl (C=O) groups excluding carboxylic acids is 3. The van der Waals surface area contributed by atoms with Crippen molar-refractivity contribution in [1.29, 1.82) is 0 Å². The van der Waals surface area contributed by atoms with E-state index < -0.39 is 5.60 Å². The molecule has 2 aliphatic heterocycles. The number of hydrogen-bond acceptors (Lipinski definition) is 4. The van der Waals surface area contributed by atoms with Crippen molar-refractivity contribution in [3.63, 3.8) is 0 Å². The second-order valence-corrected chi connectivity index (χ2v) is 11.3. The smallest absolute Gasteiger partial charge is 0.410 e. The molecule has 0 saturated carbocycles. The van der Waals surface area contributed by atoms with Gasteiger partial charge >= 0.3 is 6.09 Å². The second kappa shape index (κ2) is 9.72. The molecule has 0 unspecified atom stereocenters. The lowest BCUT2D eigenvalue weighted by atomic mass is 9.94. The largest absolute Gasteiger partial charge is 0.444 e. The minimum absolute atomic E-state index is 0.0865. The van der Waals surface area contributed by atoms with Gasteiger partial charge in [-0.3, -0.25) is 9.59 Å². The molecule has 5 rings (SSSR count). The minimum Gasteiger partial charge on any atom is -0.444 e. The topological polar surface area (TPSA) is 66.9 Å². The van der Waals surface area contributed by atoms with Gasteiger partial charge in [-0.25, -0.2) is 4.79 Å². The van der Waals surface area contributed by atoms with Crippen molar-refractivity contribution >= 4 is 23.5 Å². The Labute approximate surface area is 213 Å². The highest BCUT2D eigenvalue weighted by molar-refractivity contribution is 6.02. The number of unbranched alkanes of at least 4 members (excludes halogenated alkanes) is 1. The van der Waals surface area contributed by atoms with Gasteiger partial charge in [0.2, 0.25) is 5.91 Å². The van der Waals surface area contributed by atoms with Crippen LogP contribution in [0.5, 0.6) is 0 Å². The van der Waals surface area contributed by atoms with Crippen LogP contribution in [0, 0.1) is 0 Å². The normalized spacial score (nSPS) is 16.6. The van der Waals surface area contributed by atoms with Crippen LogP contribution < -0.4 is 4.90 Å². The quantitative estimate of drug-likeness (QED) is 0.393. The summed E-state index contributed by atoms with van der Waals surface area (Å²) in [6.45, 7) is 6.98. The minimum atomic E-state index is -0.551. The maximum absolute atomic E-state index is 13.1. The van der Waals surface area contributed by atoms with E-state index in [2.05, 4.69) is 12.1 Å². The number of nitrogens with zero attached hydrogens (tertiary/aromatic N) is 2. The average Bonchev–Trinajstić information content (AvgIpc) is 3.45. The molecule has 0 saturated heterocycles. The third-order valence-electron chi connectivity index (χ3n) is 7.52. The van der Waals surface area contributed by atoms with Gasteiger partial charge in [0.15, 0.2) is 5.78 Å². The number of rotatable bonds is 7. The molecule has 0 aromatic heterocycles. The summed E-state index contributed by atoms with van der Waals surface area (Å²) in [5, 5.41) is 0. The van der Waals surface area contributed by atoms with E-state index in [1.54, 1.807) is 0 Å².